The van der Waals surface area contributed by atoms with Crippen molar-refractivity contribution in [2.24, 2.45) is 0 Å². The fraction of sp³-hybridized carbons (Fsp3) is 0.0833. The topological polar surface area (TPSA) is 48.0 Å². The van der Waals surface area contributed by atoms with Crippen molar-refractivity contribution in [1.29, 1.82) is 0 Å². The van der Waals surface area contributed by atoms with Gasteiger partial charge in [-0.3, -0.25) is 4.79 Å². The van der Waals surface area contributed by atoms with Crippen LogP contribution in [0.3, 0.4) is 0 Å². The summed E-state index contributed by atoms with van der Waals surface area (Å²) >= 11 is 3.37. The van der Waals surface area contributed by atoms with E-state index in [1.165, 1.54) is 6.07 Å². The van der Waals surface area contributed by atoms with Crippen molar-refractivity contribution < 1.29 is 0 Å². The van der Waals surface area contributed by atoms with Crippen LogP contribution >= 0.6 is 15.9 Å². The molecule has 0 unspecified atom stereocenters. The maximum absolute atomic E-state index is 11.6. The average molecular weight is 279 g/mol. The molecule has 0 saturated heterocycles. The minimum atomic E-state index is -0.0806. The van der Waals surface area contributed by atoms with Gasteiger partial charge < -0.3 is 10.3 Å². The summed E-state index contributed by atoms with van der Waals surface area (Å²) in [6.45, 7) is 0.562. The Bertz CT molecular complexity index is 546. The first-order chi connectivity index (χ1) is 7.65. The predicted molar refractivity (Wildman–Crippen MR) is 68.4 cm³/mol. The number of halogens is 1. The fourth-order valence-corrected chi connectivity index (χ4v) is 1.70. The predicted octanol–water partition coefficient (Wildman–Crippen LogP) is 2.24. The molecule has 0 radical (unpaired) electrons. The van der Waals surface area contributed by atoms with E-state index in [0.717, 1.165) is 10.0 Å². The molecule has 0 spiro atoms. The first-order valence-corrected chi connectivity index (χ1v) is 5.65. The van der Waals surface area contributed by atoms with Crippen LogP contribution in [0.2, 0.25) is 0 Å². The van der Waals surface area contributed by atoms with Gasteiger partial charge in [0.05, 0.1) is 6.54 Å². The maximum Gasteiger partial charge on any atom is 0.252 e. The zero-order chi connectivity index (χ0) is 11.5. The number of rotatable bonds is 2. The highest BCUT2D eigenvalue weighted by atomic mass is 79.9. The molecular weight excluding hydrogens is 268 g/mol. The van der Waals surface area contributed by atoms with E-state index in [-0.39, 0.29) is 5.56 Å². The lowest BCUT2D eigenvalue weighted by Crippen LogP contribution is -2.19. The molecule has 0 aliphatic carbocycles. The van der Waals surface area contributed by atoms with Gasteiger partial charge in [0.25, 0.3) is 5.56 Å². The molecule has 1 aromatic carbocycles. The Kier molecular flexibility index (Phi) is 3.10. The summed E-state index contributed by atoms with van der Waals surface area (Å²) in [6.07, 6.45) is 1.71. The quantitative estimate of drug-likeness (QED) is 0.916. The van der Waals surface area contributed by atoms with Crippen LogP contribution in [0.25, 0.3) is 0 Å². The minimum absolute atomic E-state index is 0.0806. The van der Waals surface area contributed by atoms with Crippen LogP contribution in [0.4, 0.5) is 5.69 Å². The number of anilines is 1. The molecular formula is C12H11BrN2O. The lowest BCUT2D eigenvalue weighted by Gasteiger charge is -2.05. The number of hydrogen-bond donors (Lipinski definition) is 1. The highest BCUT2D eigenvalue weighted by Crippen LogP contribution is 2.11. The van der Waals surface area contributed by atoms with Gasteiger partial charge >= 0.3 is 0 Å². The van der Waals surface area contributed by atoms with Crippen LogP contribution in [0.1, 0.15) is 5.56 Å². The Morgan fingerprint density at radius 1 is 1.19 bits per heavy atom. The van der Waals surface area contributed by atoms with Crippen LogP contribution in [0.5, 0.6) is 0 Å². The van der Waals surface area contributed by atoms with E-state index in [4.69, 9.17) is 5.73 Å². The van der Waals surface area contributed by atoms with Crippen molar-refractivity contribution in [2.75, 3.05) is 5.73 Å². The summed E-state index contributed by atoms with van der Waals surface area (Å²) in [5.41, 5.74) is 7.02. The third-order valence-electron chi connectivity index (χ3n) is 2.29. The lowest BCUT2D eigenvalue weighted by molar-refractivity contribution is 0.760. The first kappa shape index (κ1) is 11.0. The molecule has 0 fully saturated rings. The zero-order valence-electron chi connectivity index (χ0n) is 8.56. The SMILES string of the molecule is Nc1ccn(Cc2ccc(Br)cc2)c(=O)c1. The number of nitrogen functional groups attached to an aromatic ring is 1. The van der Waals surface area contributed by atoms with Crippen molar-refractivity contribution in [3.63, 3.8) is 0 Å². The summed E-state index contributed by atoms with van der Waals surface area (Å²) in [5, 5.41) is 0. The summed E-state index contributed by atoms with van der Waals surface area (Å²) in [6, 6.07) is 11.0. The minimum Gasteiger partial charge on any atom is -0.399 e. The van der Waals surface area contributed by atoms with Gasteiger partial charge in [0, 0.05) is 22.4 Å². The lowest BCUT2D eigenvalue weighted by atomic mass is 10.2. The fourth-order valence-electron chi connectivity index (χ4n) is 1.44. The van der Waals surface area contributed by atoms with E-state index >= 15 is 0 Å². The Balaban J connectivity index is 2.27. The van der Waals surface area contributed by atoms with Crippen LogP contribution in [-0.2, 0) is 6.54 Å². The van der Waals surface area contributed by atoms with E-state index < -0.39 is 0 Å². The molecule has 0 atom stereocenters. The second kappa shape index (κ2) is 4.53. The van der Waals surface area contributed by atoms with E-state index in [2.05, 4.69) is 15.9 Å². The smallest absolute Gasteiger partial charge is 0.252 e. The van der Waals surface area contributed by atoms with Gasteiger partial charge in [0.15, 0.2) is 0 Å². The van der Waals surface area contributed by atoms with Gasteiger partial charge in [-0.2, -0.15) is 0 Å². The van der Waals surface area contributed by atoms with Crippen LogP contribution in [-0.4, -0.2) is 4.57 Å². The molecule has 0 bridgehead atoms. The van der Waals surface area contributed by atoms with Crippen molar-refractivity contribution in [2.45, 2.75) is 6.54 Å². The molecule has 2 N–H and O–H groups in total. The molecule has 2 rings (SSSR count). The Morgan fingerprint density at radius 3 is 2.50 bits per heavy atom. The molecule has 4 heteroatoms. The number of hydrogen-bond acceptors (Lipinski definition) is 2. The average Bonchev–Trinajstić information content (AvgIpc) is 2.25. The molecule has 0 saturated carbocycles. The van der Waals surface area contributed by atoms with E-state index in [1.807, 2.05) is 24.3 Å². The highest BCUT2D eigenvalue weighted by Gasteiger charge is 1.98. The summed E-state index contributed by atoms with van der Waals surface area (Å²) in [7, 11) is 0. The van der Waals surface area contributed by atoms with Gasteiger partial charge in [-0.1, -0.05) is 28.1 Å². The van der Waals surface area contributed by atoms with Crippen molar-refractivity contribution in [3.05, 3.63) is 63.0 Å². The highest BCUT2D eigenvalue weighted by molar-refractivity contribution is 9.10. The molecule has 1 aromatic heterocycles. The van der Waals surface area contributed by atoms with E-state index in [9.17, 15) is 4.79 Å². The van der Waals surface area contributed by atoms with Crippen molar-refractivity contribution >= 4 is 21.6 Å². The van der Waals surface area contributed by atoms with Crippen molar-refractivity contribution in [1.82, 2.24) is 4.57 Å². The molecule has 0 amide bonds. The van der Waals surface area contributed by atoms with E-state index in [1.54, 1.807) is 16.8 Å². The molecule has 3 nitrogen and oxygen atoms in total. The van der Waals surface area contributed by atoms with Gasteiger partial charge in [-0.15, -0.1) is 0 Å². The van der Waals surface area contributed by atoms with Crippen LogP contribution in [0.15, 0.2) is 51.9 Å². The second-order valence-corrected chi connectivity index (χ2v) is 4.47. The summed E-state index contributed by atoms with van der Waals surface area (Å²) in [5.74, 6) is 0. The largest absolute Gasteiger partial charge is 0.399 e. The van der Waals surface area contributed by atoms with Gasteiger partial charge in [0.2, 0.25) is 0 Å². The van der Waals surface area contributed by atoms with Gasteiger partial charge in [0.1, 0.15) is 0 Å². The number of nitrogens with two attached hydrogens (primary N) is 1. The normalized spacial score (nSPS) is 10.3. The molecule has 1 heterocycles. The molecule has 0 aliphatic heterocycles. The van der Waals surface area contributed by atoms with Gasteiger partial charge in [-0.05, 0) is 23.8 Å². The first-order valence-electron chi connectivity index (χ1n) is 4.85. The monoisotopic (exact) mass is 278 g/mol. The maximum atomic E-state index is 11.6. The zero-order valence-corrected chi connectivity index (χ0v) is 10.1. The Hall–Kier alpha value is -1.55. The third kappa shape index (κ3) is 2.52. The molecule has 16 heavy (non-hydrogen) atoms. The van der Waals surface area contributed by atoms with Gasteiger partial charge in [-0.25, -0.2) is 0 Å². The molecule has 2 aromatic rings. The number of pyridine rings is 1. The number of aromatic nitrogens is 1. The standard InChI is InChI=1S/C12H11BrN2O/c13-10-3-1-9(2-4-10)8-15-6-5-11(14)7-12(15)16/h1-7H,8,14H2. The third-order valence-corrected chi connectivity index (χ3v) is 2.81. The number of nitrogens with zero attached hydrogens (tertiary/aromatic N) is 1. The Morgan fingerprint density at radius 2 is 1.88 bits per heavy atom. The summed E-state index contributed by atoms with van der Waals surface area (Å²) < 4.78 is 2.65. The number of benzene rings is 1. The molecule has 82 valence electrons. The second-order valence-electron chi connectivity index (χ2n) is 3.55. The summed E-state index contributed by atoms with van der Waals surface area (Å²) in [4.78, 5) is 11.6. The van der Waals surface area contributed by atoms with Crippen LogP contribution < -0.4 is 11.3 Å². The van der Waals surface area contributed by atoms with Crippen molar-refractivity contribution in [3.8, 4) is 0 Å². The molecule has 0 aliphatic rings. The Labute approximate surface area is 102 Å². The van der Waals surface area contributed by atoms with E-state index in [0.29, 0.717) is 12.2 Å². The van der Waals surface area contributed by atoms with Crippen LogP contribution in [0, 0.1) is 0 Å².